The molecule has 0 fully saturated rings. The molecule has 0 aliphatic carbocycles. The van der Waals surface area contributed by atoms with Crippen molar-refractivity contribution >= 4 is 10.8 Å². The van der Waals surface area contributed by atoms with Crippen LogP contribution in [0.1, 0.15) is 0 Å². The topological polar surface area (TPSA) is 35.1 Å². The van der Waals surface area contributed by atoms with Crippen LogP contribution in [-0.2, 0) is 4.74 Å². The van der Waals surface area contributed by atoms with Gasteiger partial charge in [-0.3, -0.25) is 0 Å². The van der Waals surface area contributed by atoms with Crippen LogP contribution in [0.15, 0.2) is 42.5 Å². The van der Waals surface area contributed by atoms with Crippen LogP contribution < -0.4 is 10.1 Å². The minimum atomic E-state index is 0.724. The Kier molecular flexibility index (Phi) is 5.00. The highest BCUT2D eigenvalue weighted by Crippen LogP contribution is 2.20. The lowest BCUT2D eigenvalue weighted by Crippen LogP contribution is -2.86. The smallest absolute Gasteiger partial charge is 0.137 e. The van der Waals surface area contributed by atoms with Crippen LogP contribution in [0.3, 0.4) is 0 Å². The Labute approximate surface area is 108 Å². The van der Waals surface area contributed by atoms with Gasteiger partial charge in [0.1, 0.15) is 18.9 Å². The number of fused-ring (bicyclic) bond motifs is 1. The first kappa shape index (κ1) is 12.9. The summed E-state index contributed by atoms with van der Waals surface area (Å²) in [7, 11) is 1.72. The number of ether oxygens (including phenoxy) is 2. The summed E-state index contributed by atoms with van der Waals surface area (Å²) in [6.45, 7) is 3.45. The van der Waals surface area contributed by atoms with Crippen LogP contribution >= 0.6 is 0 Å². The van der Waals surface area contributed by atoms with E-state index >= 15 is 0 Å². The average Bonchev–Trinajstić information content (AvgIpc) is 2.42. The number of hydrogen-bond acceptors (Lipinski definition) is 2. The number of rotatable bonds is 7. The quantitative estimate of drug-likeness (QED) is 0.750. The van der Waals surface area contributed by atoms with Crippen molar-refractivity contribution < 1.29 is 14.8 Å². The molecule has 0 bridgehead atoms. The molecule has 96 valence electrons. The van der Waals surface area contributed by atoms with Crippen molar-refractivity contribution in [3.63, 3.8) is 0 Å². The Morgan fingerprint density at radius 2 is 1.72 bits per heavy atom. The predicted octanol–water partition coefficient (Wildman–Crippen LogP) is 1.43. The van der Waals surface area contributed by atoms with E-state index in [1.165, 1.54) is 10.8 Å². The summed E-state index contributed by atoms with van der Waals surface area (Å²) >= 11 is 0. The maximum Gasteiger partial charge on any atom is 0.137 e. The van der Waals surface area contributed by atoms with Crippen molar-refractivity contribution in [3.8, 4) is 5.75 Å². The normalized spacial score (nSPS) is 10.7. The average molecular weight is 246 g/mol. The van der Waals surface area contributed by atoms with E-state index in [2.05, 4.69) is 29.6 Å². The third kappa shape index (κ3) is 3.72. The van der Waals surface area contributed by atoms with Crippen LogP contribution in [0.25, 0.3) is 10.8 Å². The van der Waals surface area contributed by atoms with E-state index in [0.29, 0.717) is 0 Å². The lowest BCUT2D eigenvalue weighted by atomic mass is 10.1. The second-order valence-electron chi connectivity index (χ2n) is 4.22. The molecule has 2 rings (SSSR count). The van der Waals surface area contributed by atoms with Crippen LogP contribution in [-0.4, -0.2) is 33.4 Å². The molecule has 0 radical (unpaired) electrons. The molecular formula is C15H20NO2+. The number of hydrogen-bond donors (Lipinski definition) is 1. The van der Waals surface area contributed by atoms with Crippen LogP contribution in [0, 0.1) is 0 Å². The Hall–Kier alpha value is -1.58. The molecule has 2 aromatic rings. The lowest BCUT2D eigenvalue weighted by Gasteiger charge is -2.06. The highest BCUT2D eigenvalue weighted by molar-refractivity contribution is 5.83. The predicted molar refractivity (Wildman–Crippen MR) is 73.0 cm³/mol. The highest BCUT2D eigenvalue weighted by Gasteiger charge is 1.97. The zero-order valence-corrected chi connectivity index (χ0v) is 10.8. The summed E-state index contributed by atoms with van der Waals surface area (Å²) in [4.78, 5) is 0. The summed E-state index contributed by atoms with van der Waals surface area (Å²) < 4.78 is 10.7. The third-order valence-corrected chi connectivity index (χ3v) is 2.84. The van der Waals surface area contributed by atoms with E-state index in [1.807, 2.05) is 18.2 Å². The van der Waals surface area contributed by atoms with Crippen molar-refractivity contribution in [1.29, 1.82) is 0 Å². The van der Waals surface area contributed by atoms with Gasteiger partial charge in [-0.1, -0.05) is 30.3 Å². The molecule has 0 aromatic heterocycles. The fourth-order valence-corrected chi connectivity index (χ4v) is 1.86. The molecule has 0 unspecified atom stereocenters. The van der Waals surface area contributed by atoms with Gasteiger partial charge < -0.3 is 14.8 Å². The minimum absolute atomic E-state index is 0.724. The van der Waals surface area contributed by atoms with E-state index in [4.69, 9.17) is 9.47 Å². The number of quaternary nitrogens is 1. The van der Waals surface area contributed by atoms with Gasteiger partial charge in [-0.05, 0) is 22.9 Å². The third-order valence-electron chi connectivity index (χ3n) is 2.84. The van der Waals surface area contributed by atoms with Gasteiger partial charge >= 0.3 is 0 Å². The van der Waals surface area contributed by atoms with Crippen molar-refractivity contribution in [2.45, 2.75) is 0 Å². The van der Waals surface area contributed by atoms with Gasteiger partial charge in [0.25, 0.3) is 0 Å². The Morgan fingerprint density at radius 1 is 0.944 bits per heavy atom. The first-order valence-corrected chi connectivity index (χ1v) is 6.32. The monoisotopic (exact) mass is 246 g/mol. The van der Waals surface area contributed by atoms with Crippen LogP contribution in [0.4, 0.5) is 0 Å². The molecule has 0 aliphatic heterocycles. The summed E-state index contributed by atoms with van der Waals surface area (Å²) in [6.07, 6.45) is 0. The van der Waals surface area contributed by atoms with Crippen molar-refractivity contribution in [3.05, 3.63) is 42.5 Å². The van der Waals surface area contributed by atoms with Crippen molar-refractivity contribution in [2.24, 2.45) is 0 Å². The van der Waals surface area contributed by atoms with E-state index in [-0.39, 0.29) is 0 Å². The fraction of sp³-hybridized carbons (Fsp3) is 0.333. The minimum Gasteiger partial charge on any atom is -0.488 e. The zero-order valence-electron chi connectivity index (χ0n) is 10.8. The number of benzene rings is 2. The second kappa shape index (κ2) is 6.99. The summed E-state index contributed by atoms with van der Waals surface area (Å²) in [6, 6.07) is 14.5. The van der Waals surface area contributed by atoms with E-state index in [0.717, 1.165) is 32.1 Å². The number of nitrogens with two attached hydrogens (primary N) is 1. The van der Waals surface area contributed by atoms with Crippen LogP contribution in [0.5, 0.6) is 5.75 Å². The Balaban J connectivity index is 1.81. The molecule has 2 aromatic carbocycles. The zero-order chi connectivity index (χ0) is 12.6. The second-order valence-corrected chi connectivity index (χ2v) is 4.22. The van der Waals surface area contributed by atoms with Gasteiger partial charge in [0, 0.05) is 7.11 Å². The molecule has 0 heterocycles. The Bertz CT molecular complexity index is 485. The SMILES string of the molecule is COCC[NH2+]CCOc1ccc2ccccc2c1. The molecule has 0 aliphatic rings. The highest BCUT2D eigenvalue weighted by atomic mass is 16.5. The molecule has 2 N–H and O–H groups in total. The summed E-state index contributed by atoms with van der Waals surface area (Å²) in [5, 5.41) is 4.67. The van der Waals surface area contributed by atoms with Gasteiger partial charge in [-0.15, -0.1) is 0 Å². The molecule has 3 nitrogen and oxygen atoms in total. The van der Waals surface area contributed by atoms with Crippen molar-refractivity contribution in [2.75, 3.05) is 33.4 Å². The number of methoxy groups -OCH3 is 1. The molecule has 18 heavy (non-hydrogen) atoms. The molecule has 0 atom stereocenters. The first-order chi connectivity index (χ1) is 8.90. The maximum atomic E-state index is 5.72. The fourth-order valence-electron chi connectivity index (χ4n) is 1.86. The first-order valence-electron chi connectivity index (χ1n) is 6.32. The molecule has 0 amide bonds. The van der Waals surface area contributed by atoms with Gasteiger partial charge in [0.15, 0.2) is 0 Å². The summed E-state index contributed by atoms with van der Waals surface area (Å²) in [5.74, 6) is 0.939. The van der Waals surface area contributed by atoms with E-state index < -0.39 is 0 Å². The molecule has 3 heteroatoms. The molecule has 0 saturated carbocycles. The van der Waals surface area contributed by atoms with E-state index in [9.17, 15) is 0 Å². The van der Waals surface area contributed by atoms with Crippen molar-refractivity contribution in [1.82, 2.24) is 0 Å². The lowest BCUT2D eigenvalue weighted by molar-refractivity contribution is -0.656. The largest absolute Gasteiger partial charge is 0.488 e. The van der Waals surface area contributed by atoms with Gasteiger partial charge in [-0.2, -0.15) is 0 Å². The maximum absolute atomic E-state index is 5.72. The van der Waals surface area contributed by atoms with Gasteiger partial charge in [-0.25, -0.2) is 0 Å². The van der Waals surface area contributed by atoms with Gasteiger partial charge in [0.05, 0.1) is 13.2 Å². The molecule has 0 spiro atoms. The van der Waals surface area contributed by atoms with Gasteiger partial charge in [0.2, 0.25) is 0 Å². The van der Waals surface area contributed by atoms with Crippen LogP contribution in [0.2, 0.25) is 0 Å². The standard InChI is InChI=1S/C15H19NO2/c1-17-10-8-16-9-11-18-15-7-6-13-4-2-3-5-14(13)12-15/h2-7,12,16H,8-11H2,1H3/p+1. The summed E-state index contributed by atoms with van der Waals surface area (Å²) in [5.41, 5.74) is 0. The molecule has 0 saturated heterocycles. The molecular weight excluding hydrogens is 226 g/mol. The van der Waals surface area contributed by atoms with E-state index in [1.54, 1.807) is 7.11 Å². The Morgan fingerprint density at radius 3 is 2.56 bits per heavy atom.